The Morgan fingerprint density at radius 3 is 2.24 bits per heavy atom. The molecule has 0 unspecified atom stereocenters. The van der Waals surface area contributed by atoms with Gasteiger partial charge in [0.25, 0.3) is 0 Å². The average molecular weight is 400 g/mol. The zero-order valence-electron chi connectivity index (χ0n) is 16.8. The van der Waals surface area contributed by atoms with Gasteiger partial charge < -0.3 is 29.2 Å². The lowest BCUT2D eigenvalue weighted by Gasteiger charge is -2.18. The monoisotopic (exact) mass is 400 g/mol. The molecule has 0 bridgehead atoms. The minimum Gasteiger partial charge on any atom is -0.507 e. The van der Waals surface area contributed by atoms with Gasteiger partial charge in [-0.15, -0.1) is 0 Å². The van der Waals surface area contributed by atoms with Crippen LogP contribution in [0.3, 0.4) is 0 Å². The normalized spacial score (nSPS) is 11.6. The molecule has 3 aromatic rings. The SMILES string of the molecule is COc1ccc(-c2oc3c(CCC(C)(C)O)c(O)cc(O)c3c(=O)c2OC)cc1. The molecule has 7 nitrogen and oxygen atoms in total. The van der Waals surface area contributed by atoms with Gasteiger partial charge in [0.1, 0.15) is 28.2 Å². The Labute approximate surface area is 167 Å². The molecular weight excluding hydrogens is 376 g/mol. The van der Waals surface area contributed by atoms with Crippen LogP contribution in [-0.2, 0) is 6.42 Å². The molecule has 3 rings (SSSR count). The van der Waals surface area contributed by atoms with E-state index in [4.69, 9.17) is 13.9 Å². The summed E-state index contributed by atoms with van der Waals surface area (Å²) in [6, 6.07) is 7.96. The molecule has 0 saturated heterocycles. The highest BCUT2D eigenvalue weighted by Gasteiger charge is 2.24. The van der Waals surface area contributed by atoms with Crippen molar-refractivity contribution in [3.63, 3.8) is 0 Å². The summed E-state index contributed by atoms with van der Waals surface area (Å²) in [5, 5.41) is 30.7. The number of aliphatic hydroxyl groups is 1. The Bertz CT molecular complexity index is 1090. The van der Waals surface area contributed by atoms with E-state index >= 15 is 0 Å². The molecule has 0 spiro atoms. The summed E-state index contributed by atoms with van der Waals surface area (Å²) in [6.07, 6.45) is 0.553. The first kappa shape index (κ1) is 20.5. The summed E-state index contributed by atoms with van der Waals surface area (Å²) in [5.74, 6) is 0.127. The van der Waals surface area contributed by atoms with Crippen LogP contribution in [0, 0.1) is 0 Å². The molecule has 0 radical (unpaired) electrons. The maximum Gasteiger partial charge on any atom is 0.239 e. The second kappa shape index (κ2) is 7.67. The second-order valence-corrected chi connectivity index (χ2v) is 7.43. The molecule has 0 saturated carbocycles. The summed E-state index contributed by atoms with van der Waals surface area (Å²) >= 11 is 0. The average Bonchev–Trinajstić information content (AvgIpc) is 2.66. The van der Waals surface area contributed by atoms with Crippen LogP contribution in [0.2, 0.25) is 0 Å². The molecule has 3 N–H and O–H groups in total. The van der Waals surface area contributed by atoms with Crippen molar-refractivity contribution in [3.05, 3.63) is 46.1 Å². The van der Waals surface area contributed by atoms with Crippen LogP contribution in [0.5, 0.6) is 23.0 Å². The fraction of sp³-hybridized carbons (Fsp3) is 0.318. The smallest absolute Gasteiger partial charge is 0.239 e. The molecule has 1 heterocycles. The number of phenolic OH excluding ortho intramolecular Hbond substituents is 2. The molecule has 154 valence electrons. The lowest BCUT2D eigenvalue weighted by atomic mass is 9.96. The number of hydrogen-bond acceptors (Lipinski definition) is 7. The van der Waals surface area contributed by atoms with Crippen LogP contribution < -0.4 is 14.9 Å². The fourth-order valence-electron chi connectivity index (χ4n) is 3.16. The Morgan fingerprint density at radius 1 is 1.03 bits per heavy atom. The second-order valence-electron chi connectivity index (χ2n) is 7.43. The van der Waals surface area contributed by atoms with Gasteiger partial charge in [0.05, 0.1) is 19.8 Å². The molecule has 0 aliphatic rings. The van der Waals surface area contributed by atoms with Crippen LogP contribution in [0.4, 0.5) is 0 Å². The Kier molecular flexibility index (Phi) is 5.44. The number of methoxy groups -OCH3 is 2. The molecule has 0 aliphatic carbocycles. The lowest BCUT2D eigenvalue weighted by Crippen LogP contribution is -2.19. The minimum atomic E-state index is -0.984. The number of hydrogen-bond donors (Lipinski definition) is 3. The van der Waals surface area contributed by atoms with Crippen molar-refractivity contribution in [1.82, 2.24) is 0 Å². The van der Waals surface area contributed by atoms with E-state index in [2.05, 4.69) is 0 Å². The molecule has 0 atom stereocenters. The topological polar surface area (TPSA) is 109 Å². The number of phenols is 2. The standard InChI is InChI=1S/C22H24O7/c1-22(2,26)10-9-14-15(23)11-16(24)17-18(25)21(28-4)19(29-20(14)17)12-5-7-13(27-3)8-6-12/h5-8,11,23-24,26H,9-10H2,1-4H3. The van der Waals surface area contributed by atoms with E-state index in [1.165, 1.54) is 7.11 Å². The summed E-state index contributed by atoms with van der Waals surface area (Å²) in [6.45, 7) is 3.29. The fourth-order valence-corrected chi connectivity index (χ4v) is 3.16. The number of benzene rings is 2. The zero-order valence-corrected chi connectivity index (χ0v) is 16.8. The molecule has 1 aromatic heterocycles. The third kappa shape index (κ3) is 4.00. The Morgan fingerprint density at radius 2 is 1.69 bits per heavy atom. The summed E-state index contributed by atoms with van der Waals surface area (Å²) in [7, 11) is 2.89. The predicted octanol–water partition coefficient (Wildman–Crippen LogP) is 3.59. The molecule has 2 aromatic carbocycles. The van der Waals surface area contributed by atoms with Crippen LogP contribution in [0.15, 0.2) is 39.5 Å². The maximum absolute atomic E-state index is 13.1. The van der Waals surface area contributed by atoms with Crippen LogP contribution in [-0.4, -0.2) is 35.1 Å². The van der Waals surface area contributed by atoms with Crippen molar-refractivity contribution in [2.45, 2.75) is 32.3 Å². The largest absolute Gasteiger partial charge is 0.507 e. The highest BCUT2D eigenvalue weighted by atomic mass is 16.5. The molecule has 0 aliphatic heterocycles. The van der Waals surface area contributed by atoms with Crippen LogP contribution in [0.25, 0.3) is 22.3 Å². The minimum absolute atomic E-state index is 0.0582. The number of aromatic hydroxyl groups is 2. The first-order valence-corrected chi connectivity index (χ1v) is 9.11. The van der Waals surface area contributed by atoms with Crippen molar-refractivity contribution < 1.29 is 29.2 Å². The summed E-state index contributed by atoms with van der Waals surface area (Å²) < 4.78 is 16.5. The first-order valence-electron chi connectivity index (χ1n) is 9.11. The maximum atomic E-state index is 13.1. The number of aryl methyl sites for hydroxylation is 1. The number of ether oxygens (including phenoxy) is 2. The molecule has 0 fully saturated rings. The molecule has 0 amide bonds. The van der Waals surface area contributed by atoms with Crippen molar-refractivity contribution in [2.24, 2.45) is 0 Å². The summed E-state index contributed by atoms with van der Waals surface area (Å²) in [5.41, 5.74) is -0.584. The van der Waals surface area contributed by atoms with Gasteiger partial charge in [-0.3, -0.25) is 4.79 Å². The van der Waals surface area contributed by atoms with E-state index in [-0.39, 0.29) is 34.6 Å². The van der Waals surface area contributed by atoms with Crippen molar-refractivity contribution in [3.8, 4) is 34.3 Å². The number of rotatable bonds is 6. The van der Waals surface area contributed by atoms with Gasteiger partial charge in [-0.2, -0.15) is 0 Å². The van der Waals surface area contributed by atoms with Gasteiger partial charge >= 0.3 is 0 Å². The third-order valence-corrected chi connectivity index (χ3v) is 4.73. The highest BCUT2D eigenvalue weighted by molar-refractivity contribution is 5.91. The van der Waals surface area contributed by atoms with Gasteiger partial charge in [0.15, 0.2) is 5.76 Å². The first-order chi connectivity index (χ1) is 13.7. The lowest BCUT2D eigenvalue weighted by molar-refractivity contribution is 0.0713. The third-order valence-electron chi connectivity index (χ3n) is 4.73. The molecule has 29 heavy (non-hydrogen) atoms. The van der Waals surface area contributed by atoms with Crippen molar-refractivity contribution >= 4 is 11.0 Å². The van der Waals surface area contributed by atoms with Gasteiger partial charge in [0, 0.05) is 17.2 Å². The van der Waals surface area contributed by atoms with Gasteiger partial charge in [-0.1, -0.05) is 0 Å². The zero-order chi connectivity index (χ0) is 21.3. The van der Waals surface area contributed by atoms with E-state index in [1.54, 1.807) is 45.2 Å². The summed E-state index contributed by atoms with van der Waals surface area (Å²) in [4.78, 5) is 13.1. The van der Waals surface area contributed by atoms with E-state index in [1.807, 2.05) is 0 Å². The van der Waals surface area contributed by atoms with Crippen molar-refractivity contribution in [1.29, 1.82) is 0 Å². The van der Waals surface area contributed by atoms with E-state index in [0.717, 1.165) is 6.07 Å². The van der Waals surface area contributed by atoms with Crippen molar-refractivity contribution in [2.75, 3.05) is 14.2 Å². The van der Waals surface area contributed by atoms with Gasteiger partial charge in [-0.25, -0.2) is 0 Å². The van der Waals surface area contributed by atoms with E-state index < -0.39 is 16.8 Å². The highest BCUT2D eigenvalue weighted by Crippen LogP contribution is 2.39. The van der Waals surface area contributed by atoms with Gasteiger partial charge in [-0.05, 0) is 51.0 Å². The Hall–Kier alpha value is -3.19. The van der Waals surface area contributed by atoms with E-state index in [0.29, 0.717) is 23.3 Å². The van der Waals surface area contributed by atoms with Gasteiger partial charge in [0.2, 0.25) is 11.2 Å². The molecule has 7 heteroatoms. The number of fused-ring (bicyclic) bond motifs is 1. The van der Waals surface area contributed by atoms with Crippen LogP contribution >= 0.6 is 0 Å². The molecular formula is C22H24O7. The predicted molar refractivity (Wildman–Crippen MR) is 109 cm³/mol. The van der Waals surface area contributed by atoms with E-state index in [9.17, 15) is 20.1 Å². The quantitative estimate of drug-likeness (QED) is 0.580. The Balaban J connectivity index is 2.31. The van der Waals surface area contributed by atoms with Crippen LogP contribution in [0.1, 0.15) is 25.8 Å².